The van der Waals surface area contributed by atoms with Crippen molar-refractivity contribution in [2.24, 2.45) is 11.8 Å². The van der Waals surface area contributed by atoms with E-state index in [2.05, 4.69) is 17.1 Å². The molecule has 6 nitrogen and oxygen atoms in total. The van der Waals surface area contributed by atoms with E-state index >= 15 is 0 Å². The highest BCUT2D eigenvalue weighted by atomic mass is 16.5. The molecule has 2 saturated heterocycles. The summed E-state index contributed by atoms with van der Waals surface area (Å²) in [5.74, 6) is 0.735. The van der Waals surface area contributed by atoms with Gasteiger partial charge >= 0.3 is 0 Å². The summed E-state index contributed by atoms with van der Waals surface area (Å²) in [4.78, 5) is 32.4. The number of aromatic amines is 1. The minimum absolute atomic E-state index is 0.0157. The van der Waals surface area contributed by atoms with Crippen molar-refractivity contribution < 1.29 is 14.3 Å². The molecule has 0 radical (unpaired) electrons. The van der Waals surface area contributed by atoms with Gasteiger partial charge in [0.15, 0.2) is 0 Å². The topological polar surface area (TPSA) is 65.6 Å². The Morgan fingerprint density at radius 2 is 1.93 bits per heavy atom. The molecule has 2 aliphatic rings. The quantitative estimate of drug-likeness (QED) is 0.882. The smallest absolute Gasteiger partial charge is 0.270 e. The molecule has 2 aliphatic heterocycles. The number of methoxy groups -OCH3 is 1. The third kappa shape index (κ3) is 3.37. The Morgan fingerprint density at radius 3 is 2.63 bits per heavy atom. The first-order valence-corrected chi connectivity index (χ1v) is 9.45. The largest absolute Gasteiger partial charge is 0.384 e. The van der Waals surface area contributed by atoms with Crippen LogP contribution in [0.2, 0.25) is 0 Å². The molecule has 1 N–H and O–H groups in total. The Morgan fingerprint density at radius 1 is 1.11 bits per heavy atom. The third-order valence-electron chi connectivity index (χ3n) is 5.76. The van der Waals surface area contributed by atoms with Crippen LogP contribution in [0.4, 0.5) is 0 Å². The second-order valence-electron chi connectivity index (χ2n) is 7.36. The van der Waals surface area contributed by atoms with Crippen LogP contribution >= 0.6 is 0 Å². The highest BCUT2D eigenvalue weighted by Crippen LogP contribution is 2.45. The van der Waals surface area contributed by atoms with Crippen LogP contribution < -0.4 is 0 Å². The van der Waals surface area contributed by atoms with Crippen molar-refractivity contribution in [2.45, 2.75) is 12.5 Å². The fraction of sp³-hybridized carbons (Fsp3) is 0.429. The summed E-state index contributed by atoms with van der Waals surface area (Å²) >= 11 is 0. The molecule has 0 saturated carbocycles. The average molecular weight is 367 g/mol. The van der Waals surface area contributed by atoms with Gasteiger partial charge in [-0.25, -0.2) is 0 Å². The van der Waals surface area contributed by atoms with E-state index in [0.29, 0.717) is 44.3 Å². The highest BCUT2D eigenvalue weighted by Gasteiger charge is 2.49. The maximum absolute atomic E-state index is 12.8. The second-order valence-corrected chi connectivity index (χ2v) is 7.36. The normalized spacial score (nSPS) is 24.3. The van der Waals surface area contributed by atoms with Crippen molar-refractivity contribution in [2.75, 3.05) is 33.4 Å². The van der Waals surface area contributed by atoms with Crippen molar-refractivity contribution in [3.8, 4) is 0 Å². The fourth-order valence-corrected chi connectivity index (χ4v) is 4.51. The summed E-state index contributed by atoms with van der Waals surface area (Å²) in [6.07, 6.45) is 2.16. The summed E-state index contributed by atoms with van der Waals surface area (Å²) in [6.45, 7) is 2.50. The molecule has 1 aromatic carbocycles. The molecular formula is C21H25N3O3. The van der Waals surface area contributed by atoms with E-state index in [1.165, 1.54) is 0 Å². The number of H-pyrrole nitrogens is 1. The molecule has 0 spiro atoms. The first kappa shape index (κ1) is 17.8. The van der Waals surface area contributed by atoms with Crippen LogP contribution in [0.25, 0.3) is 0 Å². The van der Waals surface area contributed by atoms with Gasteiger partial charge in [-0.1, -0.05) is 30.3 Å². The van der Waals surface area contributed by atoms with Crippen LogP contribution in [0.15, 0.2) is 48.7 Å². The van der Waals surface area contributed by atoms with Gasteiger partial charge in [0, 0.05) is 44.8 Å². The lowest BCUT2D eigenvalue weighted by molar-refractivity contribution is -0.133. The van der Waals surface area contributed by atoms with E-state index in [1.807, 2.05) is 40.1 Å². The van der Waals surface area contributed by atoms with Crippen LogP contribution in [0.3, 0.4) is 0 Å². The molecule has 2 amide bonds. The molecule has 4 rings (SSSR count). The van der Waals surface area contributed by atoms with Gasteiger partial charge in [-0.3, -0.25) is 9.59 Å². The number of benzene rings is 1. The number of carbonyl (C=O) groups is 2. The number of ether oxygens (including phenoxy) is 1. The molecule has 2 aromatic rings. The number of aromatic nitrogens is 1. The van der Waals surface area contributed by atoms with Crippen molar-refractivity contribution >= 4 is 11.8 Å². The Bertz CT molecular complexity index is 790. The zero-order valence-electron chi connectivity index (χ0n) is 15.5. The maximum Gasteiger partial charge on any atom is 0.270 e. The van der Waals surface area contributed by atoms with E-state index in [4.69, 9.17) is 4.74 Å². The molecule has 142 valence electrons. The number of carbonyl (C=O) groups excluding carboxylic acids is 2. The number of rotatable bonds is 5. The average Bonchev–Trinajstić information content (AvgIpc) is 3.41. The predicted octanol–water partition coefficient (Wildman–Crippen LogP) is 2.32. The van der Waals surface area contributed by atoms with Crippen molar-refractivity contribution in [3.05, 3.63) is 59.9 Å². The number of nitrogens with zero attached hydrogens (tertiary/aromatic N) is 2. The lowest BCUT2D eigenvalue weighted by atomic mass is 9.89. The molecule has 3 atom stereocenters. The minimum atomic E-state index is 0.0157. The SMILES string of the molecule is COCCC(=O)N1C[C@@H]2CN(C(=O)c3ccc[nH]3)C[C@@H]2[C@H]1c1ccccc1. The molecule has 0 bridgehead atoms. The number of hydrogen-bond donors (Lipinski definition) is 1. The third-order valence-corrected chi connectivity index (χ3v) is 5.76. The van der Waals surface area contributed by atoms with Gasteiger partial charge in [0.1, 0.15) is 5.69 Å². The van der Waals surface area contributed by atoms with Gasteiger partial charge in [0.25, 0.3) is 5.91 Å². The number of nitrogens with one attached hydrogen (secondary N) is 1. The van der Waals surface area contributed by atoms with Gasteiger partial charge in [-0.15, -0.1) is 0 Å². The van der Waals surface area contributed by atoms with Crippen LogP contribution in [0.1, 0.15) is 28.5 Å². The highest BCUT2D eigenvalue weighted by molar-refractivity contribution is 5.92. The monoisotopic (exact) mass is 367 g/mol. The van der Waals surface area contributed by atoms with Crippen LogP contribution in [0, 0.1) is 11.8 Å². The first-order valence-electron chi connectivity index (χ1n) is 9.45. The summed E-state index contributed by atoms with van der Waals surface area (Å²) in [5.41, 5.74) is 1.77. The van der Waals surface area contributed by atoms with Crippen molar-refractivity contribution in [1.29, 1.82) is 0 Å². The number of hydrogen-bond acceptors (Lipinski definition) is 3. The van der Waals surface area contributed by atoms with Gasteiger partial charge in [-0.2, -0.15) is 0 Å². The lowest BCUT2D eigenvalue weighted by Crippen LogP contribution is -2.37. The van der Waals surface area contributed by atoms with E-state index in [1.54, 1.807) is 13.3 Å². The Labute approximate surface area is 159 Å². The van der Waals surface area contributed by atoms with Crippen LogP contribution in [-0.2, 0) is 9.53 Å². The number of likely N-dealkylation sites (tertiary alicyclic amines) is 2. The lowest BCUT2D eigenvalue weighted by Gasteiger charge is -2.30. The zero-order chi connectivity index (χ0) is 18.8. The summed E-state index contributed by atoms with van der Waals surface area (Å²) in [5, 5.41) is 0. The van der Waals surface area contributed by atoms with Gasteiger partial charge in [-0.05, 0) is 17.7 Å². The van der Waals surface area contributed by atoms with E-state index < -0.39 is 0 Å². The summed E-state index contributed by atoms with van der Waals surface area (Å²) in [7, 11) is 1.62. The molecule has 6 heteroatoms. The van der Waals surface area contributed by atoms with Crippen LogP contribution in [0.5, 0.6) is 0 Å². The molecule has 27 heavy (non-hydrogen) atoms. The zero-order valence-corrected chi connectivity index (χ0v) is 15.5. The standard InChI is InChI=1S/C21H25N3O3/c1-27-11-9-19(25)24-13-16-12-23(21(26)18-8-5-10-22-18)14-17(16)20(24)15-6-3-2-4-7-15/h2-8,10,16-17,20,22H,9,11-14H2,1H3/t16-,17-,20+/m0/s1. The molecular weight excluding hydrogens is 342 g/mol. The van der Waals surface area contributed by atoms with E-state index in [-0.39, 0.29) is 23.8 Å². The van der Waals surface area contributed by atoms with Crippen molar-refractivity contribution in [1.82, 2.24) is 14.8 Å². The molecule has 2 fully saturated rings. The van der Waals surface area contributed by atoms with Crippen molar-refractivity contribution in [3.63, 3.8) is 0 Å². The molecule has 0 unspecified atom stereocenters. The summed E-state index contributed by atoms with van der Waals surface area (Å²) < 4.78 is 5.09. The first-order chi connectivity index (χ1) is 13.2. The Hall–Kier alpha value is -2.60. The summed E-state index contributed by atoms with van der Waals surface area (Å²) in [6, 6.07) is 13.8. The Kier molecular flexibility index (Phi) is 4.99. The predicted molar refractivity (Wildman–Crippen MR) is 101 cm³/mol. The van der Waals surface area contributed by atoms with E-state index in [0.717, 1.165) is 5.56 Å². The molecule has 0 aliphatic carbocycles. The molecule has 1 aromatic heterocycles. The second kappa shape index (κ2) is 7.56. The van der Waals surface area contributed by atoms with Crippen LogP contribution in [-0.4, -0.2) is 59.9 Å². The van der Waals surface area contributed by atoms with Gasteiger partial charge in [0.2, 0.25) is 5.91 Å². The number of amides is 2. The van der Waals surface area contributed by atoms with E-state index in [9.17, 15) is 9.59 Å². The maximum atomic E-state index is 12.8. The van der Waals surface area contributed by atoms with Gasteiger partial charge in [0.05, 0.1) is 19.1 Å². The Balaban J connectivity index is 1.56. The number of fused-ring (bicyclic) bond motifs is 1. The minimum Gasteiger partial charge on any atom is -0.384 e. The molecule has 3 heterocycles. The fourth-order valence-electron chi connectivity index (χ4n) is 4.51. The van der Waals surface area contributed by atoms with Gasteiger partial charge < -0.3 is 19.5 Å².